The molecule has 0 radical (unpaired) electrons. The average Bonchev–Trinajstić information content (AvgIpc) is 2.70. The lowest BCUT2D eigenvalue weighted by molar-refractivity contribution is 0.144. The Morgan fingerprint density at radius 1 is 1.15 bits per heavy atom. The van der Waals surface area contributed by atoms with E-state index in [1.807, 2.05) is 0 Å². The van der Waals surface area contributed by atoms with Crippen LogP contribution >= 0.6 is 0 Å². The predicted octanol–water partition coefficient (Wildman–Crippen LogP) is 4.33. The Morgan fingerprint density at radius 2 is 2.00 bits per heavy atom. The minimum Gasteiger partial charge on any atom is -0.489 e. The molecule has 2 heteroatoms. The second kappa shape index (κ2) is 8.31. The first-order chi connectivity index (χ1) is 9.83. The van der Waals surface area contributed by atoms with E-state index >= 15 is 0 Å². The Bertz CT molecular complexity index is 391. The molecule has 0 aromatic heterocycles. The molecular formula is C18H29NO. The molecule has 0 aliphatic heterocycles. The summed E-state index contributed by atoms with van der Waals surface area (Å²) in [5, 5.41) is 3.69. The topological polar surface area (TPSA) is 21.3 Å². The Morgan fingerprint density at radius 3 is 2.80 bits per heavy atom. The second-order valence-corrected chi connectivity index (χ2v) is 5.86. The first-order valence-corrected chi connectivity index (χ1v) is 8.32. The highest BCUT2D eigenvalue weighted by atomic mass is 16.5. The van der Waals surface area contributed by atoms with Crippen LogP contribution in [-0.2, 0) is 6.42 Å². The van der Waals surface area contributed by atoms with Gasteiger partial charge >= 0.3 is 0 Å². The summed E-state index contributed by atoms with van der Waals surface area (Å²) in [7, 11) is 0. The standard InChI is InChI=1S/C18H29NO/c1-3-13-19-17-11-6-5-7-12-18(17)20-16-10-8-9-15(4-2)14-16/h8-10,14,17-19H,3-7,11-13H2,1-2H3. The molecule has 1 saturated carbocycles. The van der Waals surface area contributed by atoms with Crippen LogP contribution in [0.5, 0.6) is 5.75 Å². The zero-order valence-corrected chi connectivity index (χ0v) is 13.0. The number of benzene rings is 1. The van der Waals surface area contributed by atoms with Gasteiger partial charge in [-0.05, 0) is 56.3 Å². The van der Waals surface area contributed by atoms with E-state index in [4.69, 9.17) is 4.74 Å². The van der Waals surface area contributed by atoms with Crippen molar-refractivity contribution in [3.8, 4) is 5.75 Å². The van der Waals surface area contributed by atoms with E-state index in [0.29, 0.717) is 12.1 Å². The van der Waals surface area contributed by atoms with Gasteiger partial charge < -0.3 is 10.1 Å². The van der Waals surface area contributed by atoms with Crippen molar-refractivity contribution in [3.63, 3.8) is 0 Å². The number of rotatable bonds is 6. The monoisotopic (exact) mass is 275 g/mol. The maximum Gasteiger partial charge on any atom is 0.120 e. The number of hydrogen-bond acceptors (Lipinski definition) is 2. The molecule has 2 nitrogen and oxygen atoms in total. The van der Waals surface area contributed by atoms with Gasteiger partial charge in [-0.25, -0.2) is 0 Å². The van der Waals surface area contributed by atoms with Crippen molar-refractivity contribution in [1.82, 2.24) is 5.32 Å². The fourth-order valence-electron chi connectivity index (χ4n) is 2.99. The van der Waals surface area contributed by atoms with E-state index < -0.39 is 0 Å². The number of ether oxygens (including phenoxy) is 1. The number of nitrogens with one attached hydrogen (secondary N) is 1. The SMILES string of the molecule is CCCNC1CCCCCC1Oc1cccc(CC)c1. The third kappa shape index (κ3) is 4.52. The number of hydrogen-bond donors (Lipinski definition) is 1. The molecule has 0 bridgehead atoms. The highest BCUT2D eigenvalue weighted by Gasteiger charge is 2.24. The smallest absolute Gasteiger partial charge is 0.120 e. The molecule has 1 aromatic rings. The van der Waals surface area contributed by atoms with Crippen LogP contribution in [0.2, 0.25) is 0 Å². The third-order valence-electron chi connectivity index (χ3n) is 4.20. The Labute approximate surface area is 123 Å². The van der Waals surface area contributed by atoms with Crippen molar-refractivity contribution in [2.75, 3.05) is 6.54 Å². The normalized spacial score (nSPS) is 23.3. The molecule has 0 amide bonds. The first-order valence-electron chi connectivity index (χ1n) is 8.32. The van der Waals surface area contributed by atoms with E-state index in [0.717, 1.165) is 18.7 Å². The molecule has 1 aliphatic rings. The lowest BCUT2D eigenvalue weighted by atomic mass is 10.1. The van der Waals surface area contributed by atoms with Gasteiger partial charge in [0, 0.05) is 6.04 Å². The molecule has 0 heterocycles. The van der Waals surface area contributed by atoms with Gasteiger partial charge in [-0.1, -0.05) is 38.8 Å². The molecule has 20 heavy (non-hydrogen) atoms. The summed E-state index contributed by atoms with van der Waals surface area (Å²) in [6.07, 6.45) is 8.98. The van der Waals surface area contributed by atoms with Gasteiger partial charge in [0.1, 0.15) is 11.9 Å². The molecule has 1 aromatic carbocycles. The van der Waals surface area contributed by atoms with Crippen LogP contribution < -0.4 is 10.1 Å². The van der Waals surface area contributed by atoms with Crippen LogP contribution in [0.4, 0.5) is 0 Å². The fraction of sp³-hybridized carbons (Fsp3) is 0.667. The molecule has 1 aliphatic carbocycles. The predicted molar refractivity (Wildman–Crippen MR) is 85.4 cm³/mol. The van der Waals surface area contributed by atoms with Crippen LogP contribution in [0.3, 0.4) is 0 Å². The number of aryl methyl sites for hydroxylation is 1. The third-order valence-corrected chi connectivity index (χ3v) is 4.20. The second-order valence-electron chi connectivity index (χ2n) is 5.86. The Hall–Kier alpha value is -1.02. The van der Waals surface area contributed by atoms with Crippen LogP contribution in [0.1, 0.15) is 57.9 Å². The molecule has 1 N–H and O–H groups in total. The van der Waals surface area contributed by atoms with Crippen LogP contribution in [0.15, 0.2) is 24.3 Å². The Balaban J connectivity index is 2.01. The molecule has 2 atom stereocenters. The highest BCUT2D eigenvalue weighted by Crippen LogP contribution is 2.24. The zero-order valence-electron chi connectivity index (χ0n) is 13.0. The van der Waals surface area contributed by atoms with E-state index in [-0.39, 0.29) is 0 Å². The molecule has 112 valence electrons. The minimum atomic E-state index is 0.330. The summed E-state index contributed by atoms with van der Waals surface area (Å²) < 4.78 is 6.32. The average molecular weight is 275 g/mol. The molecule has 0 saturated heterocycles. The largest absolute Gasteiger partial charge is 0.489 e. The van der Waals surface area contributed by atoms with E-state index in [1.54, 1.807) is 0 Å². The van der Waals surface area contributed by atoms with E-state index in [1.165, 1.54) is 44.1 Å². The van der Waals surface area contributed by atoms with Crippen molar-refractivity contribution in [1.29, 1.82) is 0 Å². The van der Waals surface area contributed by atoms with Crippen molar-refractivity contribution in [2.45, 2.75) is 70.9 Å². The van der Waals surface area contributed by atoms with Gasteiger partial charge in [-0.15, -0.1) is 0 Å². The molecule has 2 rings (SSSR count). The minimum absolute atomic E-state index is 0.330. The summed E-state index contributed by atoms with van der Waals surface area (Å²) in [6, 6.07) is 9.09. The molecule has 1 fully saturated rings. The van der Waals surface area contributed by atoms with Crippen LogP contribution in [0.25, 0.3) is 0 Å². The molecule has 0 spiro atoms. The zero-order chi connectivity index (χ0) is 14.2. The van der Waals surface area contributed by atoms with E-state index in [9.17, 15) is 0 Å². The Kier molecular flexibility index (Phi) is 6.38. The van der Waals surface area contributed by atoms with Gasteiger partial charge in [-0.3, -0.25) is 0 Å². The van der Waals surface area contributed by atoms with Crippen molar-refractivity contribution < 1.29 is 4.74 Å². The van der Waals surface area contributed by atoms with Gasteiger partial charge in [0.05, 0.1) is 0 Å². The highest BCUT2D eigenvalue weighted by molar-refractivity contribution is 5.28. The summed E-state index contributed by atoms with van der Waals surface area (Å²) in [4.78, 5) is 0. The van der Waals surface area contributed by atoms with Crippen LogP contribution in [-0.4, -0.2) is 18.7 Å². The molecule has 2 unspecified atom stereocenters. The summed E-state index contributed by atoms with van der Waals surface area (Å²) in [5.74, 6) is 1.04. The summed E-state index contributed by atoms with van der Waals surface area (Å²) in [5.41, 5.74) is 1.36. The first kappa shape index (κ1) is 15.4. The van der Waals surface area contributed by atoms with E-state index in [2.05, 4.69) is 43.4 Å². The lowest BCUT2D eigenvalue weighted by Gasteiger charge is -2.27. The lowest BCUT2D eigenvalue weighted by Crippen LogP contribution is -2.42. The van der Waals surface area contributed by atoms with Crippen molar-refractivity contribution >= 4 is 0 Å². The maximum atomic E-state index is 6.32. The fourth-order valence-corrected chi connectivity index (χ4v) is 2.99. The van der Waals surface area contributed by atoms with Gasteiger partial charge in [0.15, 0.2) is 0 Å². The van der Waals surface area contributed by atoms with Crippen LogP contribution in [0, 0.1) is 0 Å². The van der Waals surface area contributed by atoms with Gasteiger partial charge in [-0.2, -0.15) is 0 Å². The molecular weight excluding hydrogens is 246 g/mol. The summed E-state index contributed by atoms with van der Waals surface area (Å²) in [6.45, 7) is 5.51. The summed E-state index contributed by atoms with van der Waals surface area (Å²) >= 11 is 0. The quantitative estimate of drug-likeness (QED) is 0.780. The maximum absolute atomic E-state index is 6.32. The van der Waals surface area contributed by atoms with Gasteiger partial charge in [0.2, 0.25) is 0 Å². The van der Waals surface area contributed by atoms with Gasteiger partial charge in [0.25, 0.3) is 0 Å². The van der Waals surface area contributed by atoms with Crippen molar-refractivity contribution in [2.24, 2.45) is 0 Å². The van der Waals surface area contributed by atoms with Crippen molar-refractivity contribution in [3.05, 3.63) is 29.8 Å².